The van der Waals surface area contributed by atoms with E-state index in [4.69, 9.17) is 9.47 Å². The smallest absolute Gasteiger partial charge is 0.426 e. The van der Waals surface area contributed by atoms with Gasteiger partial charge in [0.2, 0.25) is 5.91 Å². The summed E-state index contributed by atoms with van der Waals surface area (Å²) in [6.45, 7) is 4.37. The van der Waals surface area contributed by atoms with Gasteiger partial charge in [-0.15, -0.1) is 0 Å². The van der Waals surface area contributed by atoms with Crippen molar-refractivity contribution in [2.24, 2.45) is 5.92 Å². The normalized spacial score (nSPS) is 24.8. The first-order valence-corrected chi connectivity index (χ1v) is 13.4. The molecule has 224 valence electrons. The van der Waals surface area contributed by atoms with Gasteiger partial charge < -0.3 is 50.6 Å². The van der Waals surface area contributed by atoms with E-state index >= 15 is 0 Å². The van der Waals surface area contributed by atoms with E-state index in [1.807, 2.05) is 44.2 Å². The van der Waals surface area contributed by atoms with Gasteiger partial charge in [-0.1, -0.05) is 50.2 Å². The first-order valence-electron chi connectivity index (χ1n) is 13.4. The Morgan fingerprint density at radius 2 is 1.66 bits per heavy atom. The third kappa shape index (κ3) is 8.53. The number of nitrogens with zero attached hydrogens (tertiary/aromatic N) is 1. The Labute approximate surface area is 238 Å². The van der Waals surface area contributed by atoms with Crippen LogP contribution in [0, 0.1) is 5.92 Å². The van der Waals surface area contributed by atoms with Crippen molar-refractivity contribution in [3.8, 4) is 11.3 Å². The molecule has 0 radical (unpaired) electrons. The zero-order chi connectivity index (χ0) is 30.3. The fourth-order valence-corrected chi connectivity index (χ4v) is 4.45. The number of benzene rings is 1. The van der Waals surface area contributed by atoms with E-state index in [9.17, 15) is 40.1 Å². The Kier molecular flexibility index (Phi) is 11.8. The Morgan fingerprint density at radius 3 is 2.27 bits per heavy atom. The summed E-state index contributed by atoms with van der Waals surface area (Å²) in [5.74, 6) is -2.64. The molecule has 0 saturated carbocycles. The number of aliphatic hydroxyl groups excluding tert-OH is 4. The third-order valence-electron chi connectivity index (χ3n) is 6.70. The molecule has 41 heavy (non-hydrogen) atoms. The average molecular weight is 575 g/mol. The highest BCUT2D eigenvalue weighted by Crippen LogP contribution is 2.24. The van der Waals surface area contributed by atoms with Crippen molar-refractivity contribution in [2.75, 3.05) is 6.61 Å². The lowest BCUT2D eigenvalue weighted by atomic mass is 9.75. The minimum atomic E-state index is -1.89. The number of pyridine rings is 1. The number of hydrogen-bond acceptors (Lipinski definition) is 11. The van der Waals surface area contributed by atoms with Crippen LogP contribution in [0.15, 0.2) is 48.5 Å². The first-order chi connectivity index (χ1) is 19.4. The summed E-state index contributed by atoms with van der Waals surface area (Å²) in [6, 6.07) is 12.5. The largest absolute Gasteiger partial charge is 0.475 e. The lowest BCUT2D eigenvalue weighted by Gasteiger charge is -2.41. The topological polar surface area (TPSA) is 211 Å². The lowest BCUT2D eigenvalue weighted by molar-refractivity contribution is -0.310. The van der Waals surface area contributed by atoms with Gasteiger partial charge in [0.1, 0.15) is 36.2 Å². The Bertz CT molecular complexity index is 1140. The molecule has 8 N–H and O–H groups in total. The predicted molar refractivity (Wildman–Crippen MR) is 147 cm³/mol. The fourth-order valence-electron chi connectivity index (χ4n) is 4.45. The summed E-state index contributed by atoms with van der Waals surface area (Å²) < 4.78 is 11.1. The van der Waals surface area contributed by atoms with E-state index < -0.39 is 74.3 Å². The van der Waals surface area contributed by atoms with E-state index in [0.29, 0.717) is 5.69 Å². The molecule has 13 nitrogen and oxygen atoms in total. The average Bonchev–Trinajstić information content (AvgIpc) is 2.95. The van der Waals surface area contributed by atoms with Crippen LogP contribution in [0.5, 0.6) is 0 Å². The van der Waals surface area contributed by atoms with Gasteiger partial charge in [-0.2, -0.15) is 0 Å². The highest BCUT2D eigenvalue weighted by atomic mass is 16.7. The molecule has 8 atom stereocenters. The number of ether oxygens (including phenoxy) is 2. The number of carbonyl (C=O) groups is 2. The molecule has 0 aliphatic carbocycles. The summed E-state index contributed by atoms with van der Waals surface area (Å²) in [5, 5.41) is 64.8. The van der Waals surface area contributed by atoms with Crippen molar-refractivity contribution < 1.29 is 49.5 Å². The number of hydrogen-bond donors (Lipinski definition) is 8. The SMILES string of the molecule is CC(C)C[C@H](NC(=O)[C@@H](NC(=O)c1cccc(-c2ccccc2)n1)C(C)O[C@@H]1O[C@H](CO)[C@H](O)[C@H](O)[C@H]1O)B(O)O. The van der Waals surface area contributed by atoms with Gasteiger partial charge in [-0.3, -0.25) is 9.59 Å². The zero-order valence-corrected chi connectivity index (χ0v) is 23.1. The molecule has 1 fully saturated rings. The molecule has 14 heteroatoms. The molecule has 3 rings (SSSR count). The van der Waals surface area contributed by atoms with Crippen molar-refractivity contribution in [3.63, 3.8) is 0 Å². The molecule has 2 amide bonds. The highest BCUT2D eigenvalue weighted by Gasteiger charge is 2.45. The maximum absolute atomic E-state index is 13.4. The van der Waals surface area contributed by atoms with Gasteiger partial charge in [0, 0.05) is 5.56 Å². The number of amides is 2. The fraction of sp³-hybridized carbons (Fsp3) is 0.519. The van der Waals surface area contributed by atoms with Crippen molar-refractivity contribution in [1.29, 1.82) is 0 Å². The molecule has 0 bridgehead atoms. The molecule has 1 aliphatic rings. The Balaban J connectivity index is 1.86. The summed E-state index contributed by atoms with van der Waals surface area (Å²) in [7, 11) is -1.89. The van der Waals surface area contributed by atoms with Crippen LogP contribution in [0.2, 0.25) is 0 Å². The van der Waals surface area contributed by atoms with E-state index in [2.05, 4.69) is 15.6 Å². The molecular weight excluding hydrogens is 537 g/mol. The van der Waals surface area contributed by atoms with Gasteiger partial charge in [-0.25, -0.2) is 4.98 Å². The van der Waals surface area contributed by atoms with Gasteiger partial charge in [-0.05, 0) is 31.4 Å². The van der Waals surface area contributed by atoms with Crippen molar-refractivity contribution >= 4 is 18.9 Å². The Hall–Kier alpha value is -2.95. The van der Waals surface area contributed by atoms with E-state index in [1.165, 1.54) is 13.0 Å². The van der Waals surface area contributed by atoms with Gasteiger partial charge >= 0.3 is 7.12 Å². The van der Waals surface area contributed by atoms with Crippen LogP contribution >= 0.6 is 0 Å². The van der Waals surface area contributed by atoms with Gasteiger partial charge in [0.15, 0.2) is 6.29 Å². The van der Waals surface area contributed by atoms with Crippen LogP contribution in [0.1, 0.15) is 37.7 Å². The summed E-state index contributed by atoms with van der Waals surface area (Å²) in [6.07, 6.45) is -8.92. The summed E-state index contributed by atoms with van der Waals surface area (Å²) >= 11 is 0. The van der Waals surface area contributed by atoms with Crippen LogP contribution in [0.4, 0.5) is 0 Å². The number of rotatable bonds is 12. The van der Waals surface area contributed by atoms with Crippen LogP contribution in [0.3, 0.4) is 0 Å². The molecule has 0 spiro atoms. The monoisotopic (exact) mass is 575 g/mol. The second-order valence-corrected chi connectivity index (χ2v) is 10.4. The molecule has 1 aromatic heterocycles. The molecular formula is C27H38BN3O10. The number of nitrogens with one attached hydrogen (secondary N) is 2. The number of aromatic nitrogens is 1. The van der Waals surface area contributed by atoms with Crippen LogP contribution in [-0.4, -0.2) is 110 Å². The summed E-state index contributed by atoms with van der Waals surface area (Å²) in [4.78, 5) is 31.1. The second-order valence-electron chi connectivity index (χ2n) is 10.4. The molecule has 2 aromatic rings. The van der Waals surface area contributed by atoms with Crippen LogP contribution in [0.25, 0.3) is 11.3 Å². The van der Waals surface area contributed by atoms with Gasteiger partial charge in [0.25, 0.3) is 5.91 Å². The lowest BCUT2D eigenvalue weighted by Crippen LogP contribution is -2.62. The van der Waals surface area contributed by atoms with E-state index in [-0.39, 0.29) is 18.0 Å². The zero-order valence-electron chi connectivity index (χ0n) is 23.1. The third-order valence-corrected chi connectivity index (χ3v) is 6.70. The number of aliphatic hydroxyl groups is 4. The first kappa shape index (κ1) is 32.6. The van der Waals surface area contributed by atoms with Crippen molar-refractivity contribution in [1.82, 2.24) is 15.6 Å². The second kappa shape index (κ2) is 14.8. The standard InChI is InChI=1S/C27H38BN3O10/c1-14(2)12-20(28(38)39)30-26(37)21(15(3)40-27-24(35)23(34)22(33)19(13-32)41-27)31-25(36)18-11-7-10-17(29-18)16-8-5-4-6-9-16/h4-11,14-15,19-24,27,32-35,38-39H,12-13H2,1-3H3,(H,30,37)(H,31,36)/t15?,19-,20+,21+,22+,23+,24-,27-/m1/s1. The molecule has 1 saturated heterocycles. The minimum Gasteiger partial charge on any atom is -0.426 e. The molecule has 1 aromatic carbocycles. The Morgan fingerprint density at radius 1 is 0.976 bits per heavy atom. The molecule has 1 aliphatic heterocycles. The van der Waals surface area contributed by atoms with E-state index in [0.717, 1.165) is 5.56 Å². The minimum absolute atomic E-state index is 0.00915. The summed E-state index contributed by atoms with van der Waals surface area (Å²) in [5.41, 5.74) is 1.28. The van der Waals surface area contributed by atoms with Crippen molar-refractivity contribution in [3.05, 3.63) is 54.2 Å². The maximum atomic E-state index is 13.4. The van der Waals surface area contributed by atoms with Gasteiger partial charge in [0.05, 0.1) is 24.3 Å². The maximum Gasteiger partial charge on any atom is 0.475 e. The van der Waals surface area contributed by atoms with Crippen LogP contribution in [-0.2, 0) is 14.3 Å². The van der Waals surface area contributed by atoms with E-state index in [1.54, 1.807) is 12.1 Å². The number of carbonyl (C=O) groups excluding carboxylic acids is 2. The predicted octanol–water partition coefficient (Wildman–Crippen LogP) is -1.41. The molecule has 2 heterocycles. The highest BCUT2D eigenvalue weighted by molar-refractivity contribution is 6.43. The molecule has 1 unspecified atom stereocenters. The van der Waals surface area contributed by atoms with Crippen molar-refractivity contribution in [2.45, 2.75) is 76.0 Å². The quantitative estimate of drug-likeness (QED) is 0.138. The van der Waals surface area contributed by atoms with Crippen LogP contribution < -0.4 is 10.6 Å².